The molecule has 2 aromatic carbocycles. The molecule has 2 atom stereocenters. The number of hydrogen-bond acceptors (Lipinski definition) is 1. The summed E-state index contributed by atoms with van der Waals surface area (Å²) in [5.41, 5.74) is 3.07. The predicted octanol–water partition coefficient (Wildman–Crippen LogP) is 6.53. The first-order valence-electron chi connectivity index (χ1n) is 9.51. The van der Waals surface area contributed by atoms with Crippen molar-refractivity contribution in [1.82, 2.24) is 0 Å². The minimum absolute atomic E-state index is 0.0152. The summed E-state index contributed by atoms with van der Waals surface area (Å²) in [7, 11) is 0. The topological polar surface area (TPSA) is 9.23 Å². The molecule has 0 aromatic heterocycles. The highest BCUT2D eigenvalue weighted by molar-refractivity contribution is 5.37. The van der Waals surface area contributed by atoms with Crippen molar-refractivity contribution in [3.05, 3.63) is 76.9 Å². The summed E-state index contributed by atoms with van der Waals surface area (Å²) in [6.45, 7) is 4.25. The average molecular weight is 356 g/mol. The van der Waals surface area contributed by atoms with Crippen LogP contribution in [0.25, 0.3) is 0 Å². The first-order valence-corrected chi connectivity index (χ1v) is 9.51. The molecule has 1 aliphatic carbocycles. The molecule has 2 unspecified atom stereocenters. The van der Waals surface area contributed by atoms with Gasteiger partial charge in [-0.05, 0) is 48.9 Å². The molecule has 0 fully saturated rings. The van der Waals surface area contributed by atoms with E-state index in [1.54, 1.807) is 13.0 Å². The molecule has 1 nitrogen and oxygen atoms in total. The predicted molar refractivity (Wildman–Crippen MR) is 102 cm³/mol. The molecule has 2 aromatic rings. The van der Waals surface area contributed by atoms with Crippen LogP contribution in [0.2, 0.25) is 0 Å². The molecule has 1 aliphatic rings. The fourth-order valence-electron chi connectivity index (χ4n) is 3.68. The molecule has 0 aliphatic heterocycles. The lowest BCUT2D eigenvalue weighted by molar-refractivity contribution is 0.313. The molecular formula is C23H26F2O. The van der Waals surface area contributed by atoms with Gasteiger partial charge in [0.1, 0.15) is 0 Å². The van der Waals surface area contributed by atoms with Gasteiger partial charge in [0.05, 0.1) is 6.61 Å². The van der Waals surface area contributed by atoms with E-state index in [0.717, 1.165) is 25.7 Å². The van der Waals surface area contributed by atoms with E-state index < -0.39 is 11.6 Å². The van der Waals surface area contributed by atoms with E-state index in [-0.39, 0.29) is 11.7 Å². The molecule has 0 saturated heterocycles. The quantitative estimate of drug-likeness (QED) is 0.534. The van der Waals surface area contributed by atoms with E-state index in [1.807, 2.05) is 6.08 Å². The molecule has 138 valence electrons. The summed E-state index contributed by atoms with van der Waals surface area (Å²) in [5.74, 6) is -1.42. The first-order chi connectivity index (χ1) is 12.6. The lowest BCUT2D eigenvalue weighted by Gasteiger charge is -2.24. The third-order valence-corrected chi connectivity index (χ3v) is 5.09. The lowest BCUT2D eigenvalue weighted by atomic mass is 9.81. The lowest BCUT2D eigenvalue weighted by Crippen LogP contribution is -2.09. The van der Waals surface area contributed by atoms with Crippen molar-refractivity contribution in [1.29, 1.82) is 0 Å². The third kappa shape index (κ3) is 3.98. The van der Waals surface area contributed by atoms with Crippen LogP contribution in [0, 0.1) is 11.6 Å². The van der Waals surface area contributed by atoms with E-state index in [4.69, 9.17) is 4.74 Å². The number of ether oxygens (including phenoxy) is 1. The summed E-state index contributed by atoms with van der Waals surface area (Å²) in [5, 5.41) is 0. The molecule has 0 bridgehead atoms. The number of rotatable bonds is 6. The van der Waals surface area contributed by atoms with Gasteiger partial charge in [0.2, 0.25) is 5.82 Å². The Hall–Kier alpha value is -2.16. The zero-order valence-electron chi connectivity index (χ0n) is 15.5. The minimum Gasteiger partial charge on any atom is -0.491 e. The molecule has 0 heterocycles. The minimum atomic E-state index is -0.883. The summed E-state index contributed by atoms with van der Waals surface area (Å²) in [4.78, 5) is 0. The Labute approximate surface area is 154 Å². The molecule has 0 radical (unpaired) electrons. The fraction of sp³-hybridized carbons (Fsp3) is 0.391. The molecule has 0 amide bonds. The van der Waals surface area contributed by atoms with Crippen molar-refractivity contribution >= 4 is 0 Å². The van der Waals surface area contributed by atoms with Gasteiger partial charge in [-0.25, -0.2) is 4.39 Å². The highest BCUT2D eigenvalue weighted by Crippen LogP contribution is 2.37. The Morgan fingerprint density at radius 1 is 0.885 bits per heavy atom. The van der Waals surface area contributed by atoms with Crippen LogP contribution in [0.1, 0.15) is 61.6 Å². The maximum atomic E-state index is 14.4. The van der Waals surface area contributed by atoms with Gasteiger partial charge >= 0.3 is 0 Å². The van der Waals surface area contributed by atoms with Crippen molar-refractivity contribution in [2.75, 3.05) is 6.61 Å². The zero-order valence-corrected chi connectivity index (χ0v) is 15.5. The largest absolute Gasteiger partial charge is 0.491 e. The van der Waals surface area contributed by atoms with Gasteiger partial charge in [-0.3, -0.25) is 0 Å². The van der Waals surface area contributed by atoms with E-state index in [2.05, 4.69) is 37.3 Å². The van der Waals surface area contributed by atoms with Crippen LogP contribution >= 0.6 is 0 Å². The first kappa shape index (κ1) is 18.6. The van der Waals surface area contributed by atoms with E-state index in [9.17, 15) is 8.78 Å². The van der Waals surface area contributed by atoms with Gasteiger partial charge in [-0.2, -0.15) is 4.39 Å². The van der Waals surface area contributed by atoms with Gasteiger partial charge in [0.25, 0.3) is 0 Å². The number of allylic oxidation sites excluding steroid dienone is 2. The van der Waals surface area contributed by atoms with Crippen molar-refractivity contribution in [2.45, 2.75) is 51.4 Å². The molecular weight excluding hydrogens is 330 g/mol. The molecule has 3 rings (SSSR count). The third-order valence-electron chi connectivity index (χ3n) is 5.09. The van der Waals surface area contributed by atoms with Crippen LogP contribution < -0.4 is 4.74 Å². The Balaban J connectivity index is 1.74. The average Bonchev–Trinajstić information content (AvgIpc) is 2.67. The van der Waals surface area contributed by atoms with Crippen molar-refractivity contribution in [3.8, 4) is 5.75 Å². The van der Waals surface area contributed by atoms with Crippen LogP contribution in [-0.2, 0) is 6.42 Å². The summed E-state index contributed by atoms with van der Waals surface area (Å²) in [6.07, 6.45) is 8.15. The van der Waals surface area contributed by atoms with Crippen LogP contribution in [-0.4, -0.2) is 6.61 Å². The second-order valence-corrected chi connectivity index (χ2v) is 6.88. The Morgan fingerprint density at radius 2 is 1.58 bits per heavy atom. The number of halogens is 2. The van der Waals surface area contributed by atoms with Crippen LogP contribution in [0.15, 0.2) is 48.6 Å². The summed E-state index contributed by atoms with van der Waals surface area (Å²) >= 11 is 0. The van der Waals surface area contributed by atoms with E-state index in [1.165, 1.54) is 17.2 Å². The van der Waals surface area contributed by atoms with E-state index >= 15 is 0 Å². The van der Waals surface area contributed by atoms with Gasteiger partial charge < -0.3 is 4.74 Å². The molecule has 0 N–H and O–H groups in total. The van der Waals surface area contributed by atoms with Crippen LogP contribution in [0.3, 0.4) is 0 Å². The van der Waals surface area contributed by atoms with Gasteiger partial charge in [-0.15, -0.1) is 0 Å². The summed E-state index contributed by atoms with van der Waals surface area (Å²) < 4.78 is 33.7. The monoisotopic (exact) mass is 356 g/mol. The molecule has 3 heteroatoms. The SMILES string of the molecule is CCCc1ccc(C2C=CC(c3ccc(OCC)c(F)c3F)CC2)cc1. The normalized spacial score (nSPS) is 19.5. The highest BCUT2D eigenvalue weighted by Gasteiger charge is 2.23. The van der Waals surface area contributed by atoms with Crippen molar-refractivity contribution in [2.24, 2.45) is 0 Å². The second-order valence-electron chi connectivity index (χ2n) is 6.88. The fourth-order valence-corrected chi connectivity index (χ4v) is 3.68. The molecule has 0 spiro atoms. The van der Waals surface area contributed by atoms with Crippen molar-refractivity contribution in [3.63, 3.8) is 0 Å². The highest BCUT2D eigenvalue weighted by atomic mass is 19.2. The molecule has 26 heavy (non-hydrogen) atoms. The van der Waals surface area contributed by atoms with Gasteiger partial charge in [0, 0.05) is 11.8 Å². The summed E-state index contributed by atoms with van der Waals surface area (Å²) in [6, 6.07) is 12.0. The maximum Gasteiger partial charge on any atom is 0.200 e. The molecule has 0 saturated carbocycles. The van der Waals surface area contributed by atoms with Crippen LogP contribution in [0.4, 0.5) is 8.78 Å². The second kappa shape index (κ2) is 8.48. The van der Waals surface area contributed by atoms with Gasteiger partial charge in [-0.1, -0.05) is 55.8 Å². The van der Waals surface area contributed by atoms with Gasteiger partial charge in [0.15, 0.2) is 11.6 Å². The van der Waals surface area contributed by atoms with E-state index in [0.29, 0.717) is 18.1 Å². The van der Waals surface area contributed by atoms with Crippen molar-refractivity contribution < 1.29 is 13.5 Å². The Kier molecular flexibility index (Phi) is 6.08. The smallest absolute Gasteiger partial charge is 0.200 e. The number of hydrogen-bond donors (Lipinski definition) is 0. The Bertz CT molecular complexity index is 765. The maximum absolute atomic E-state index is 14.4. The van der Waals surface area contributed by atoms with Crippen LogP contribution in [0.5, 0.6) is 5.75 Å². The zero-order chi connectivity index (χ0) is 18.5. The number of benzene rings is 2. The Morgan fingerprint density at radius 3 is 2.19 bits per heavy atom. The standard InChI is InChI=1S/C23H26F2O/c1-3-5-16-6-8-17(9-7-16)18-10-12-19(13-11-18)20-14-15-21(26-4-2)23(25)22(20)24/h6-10,12,14-15,18-19H,3-5,11,13H2,1-2H3. The number of aryl methyl sites for hydroxylation is 1.